The van der Waals surface area contributed by atoms with Crippen molar-refractivity contribution in [2.75, 3.05) is 5.73 Å². The van der Waals surface area contributed by atoms with E-state index in [1.165, 1.54) is 16.6 Å². The molecule has 1 heterocycles. The molecular weight excluding hydrogens is 172 g/mol. The molecule has 2 aromatic rings. The third-order valence-corrected chi connectivity index (χ3v) is 2.69. The minimum atomic E-state index is 0.939. The Balaban J connectivity index is 2.68. The van der Waals surface area contributed by atoms with E-state index in [1.807, 2.05) is 6.20 Å². The maximum atomic E-state index is 6.10. The van der Waals surface area contributed by atoms with Gasteiger partial charge in [0.2, 0.25) is 0 Å². The van der Waals surface area contributed by atoms with E-state index in [-0.39, 0.29) is 0 Å². The van der Waals surface area contributed by atoms with Gasteiger partial charge in [0.25, 0.3) is 0 Å². The first-order valence-electron chi connectivity index (χ1n) is 5.09. The average molecular weight is 188 g/mol. The summed E-state index contributed by atoms with van der Waals surface area (Å²) in [7, 11) is 0. The molecule has 2 rings (SSSR count). The number of anilines is 1. The van der Waals surface area contributed by atoms with Gasteiger partial charge in [0, 0.05) is 17.3 Å². The van der Waals surface area contributed by atoms with Crippen LogP contribution in [0.5, 0.6) is 0 Å². The van der Waals surface area contributed by atoms with Crippen molar-refractivity contribution < 1.29 is 0 Å². The van der Waals surface area contributed by atoms with Gasteiger partial charge in [0.05, 0.1) is 5.52 Å². The lowest BCUT2D eigenvalue weighted by atomic mass is 10.0. The van der Waals surface area contributed by atoms with Crippen molar-refractivity contribution in [1.29, 1.82) is 0 Å². The van der Waals surface area contributed by atoms with Crippen LogP contribution in [0.1, 0.15) is 24.5 Å². The van der Waals surface area contributed by atoms with Gasteiger partial charge in [-0.2, -0.15) is 0 Å². The molecule has 0 aliphatic carbocycles. The topological polar surface area (TPSA) is 41.8 Å². The van der Waals surface area contributed by atoms with Gasteiger partial charge in [0.1, 0.15) is 0 Å². The highest BCUT2D eigenvalue weighted by Crippen LogP contribution is 2.27. The second kappa shape index (κ2) is 3.37. The average Bonchev–Trinajstić information content (AvgIpc) is 2.63. The lowest BCUT2D eigenvalue weighted by Crippen LogP contribution is -1.96. The van der Waals surface area contributed by atoms with Crippen molar-refractivity contribution >= 4 is 16.6 Å². The summed E-state index contributed by atoms with van der Waals surface area (Å²) in [6.07, 6.45) is 4.15. The van der Waals surface area contributed by atoms with Gasteiger partial charge in [-0.3, -0.25) is 0 Å². The summed E-state index contributed by atoms with van der Waals surface area (Å²) in [4.78, 5) is 3.22. The first kappa shape index (κ1) is 9.13. The largest absolute Gasteiger partial charge is 0.398 e. The molecule has 74 valence electrons. The maximum Gasteiger partial charge on any atom is 0.0504 e. The van der Waals surface area contributed by atoms with Crippen LogP contribution in [0.25, 0.3) is 10.9 Å². The highest BCUT2D eigenvalue weighted by Gasteiger charge is 2.07. The third kappa shape index (κ3) is 1.27. The fourth-order valence-corrected chi connectivity index (χ4v) is 1.98. The lowest BCUT2D eigenvalue weighted by Gasteiger charge is -2.08. The fourth-order valence-electron chi connectivity index (χ4n) is 1.98. The van der Waals surface area contributed by atoms with Crippen LogP contribution in [0, 0.1) is 6.92 Å². The van der Waals surface area contributed by atoms with Gasteiger partial charge in [-0.1, -0.05) is 19.4 Å². The molecule has 2 heteroatoms. The van der Waals surface area contributed by atoms with Crippen LogP contribution < -0.4 is 5.73 Å². The third-order valence-electron chi connectivity index (χ3n) is 2.69. The number of nitrogens with one attached hydrogen (secondary N) is 1. The maximum absolute atomic E-state index is 6.10. The van der Waals surface area contributed by atoms with Crippen molar-refractivity contribution in [2.45, 2.75) is 26.7 Å². The summed E-state index contributed by atoms with van der Waals surface area (Å²) in [6.45, 7) is 4.30. The Bertz CT molecular complexity index is 455. The highest BCUT2D eigenvalue weighted by molar-refractivity contribution is 5.94. The van der Waals surface area contributed by atoms with E-state index in [4.69, 9.17) is 5.73 Å². The van der Waals surface area contributed by atoms with Gasteiger partial charge in [0.15, 0.2) is 0 Å². The number of aromatic amines is 1. The summed E-state index contributed by atoms with van der Waals surface area (Å²) >= 11 is 0. The number of hydrogen-bond acceptors (Lipinski definition) is 1. The zero-order valence-corrected chi connectivity index (χ0v) is 8.72. The first-order valence-corrected chi connectivity index (χ1v) is 5.09. The van der Waals surface area contributed by atoms with Gasteiger partial charge < -0.3 is 10.7 Å². The van der Waals surface area contributed by atoms with E-state index in [9.17, 15) is 0 Å². The van der Waals surface area contributed by atoms with Crippen LogP contribution >= 0.6 is 0 Å². The zero-order valence-electron chi connectivity index (χ0n) is 8.72. The van der Waals surface area contributed by atoms with Crippen LogP contribution in [0.3, 0.4) is 0 Å². The number of aryl methyl sites for hydroxylation is 2. The molecule has 0 atom stereocenters. The summed E-state index contributed by atoms with van der Waals surface area (Å²) in [5.74, 6) is 0. The highest BCUT2D eigenvalue weighted by atomic mass is 14.7. The van der Waals surface area contributed by atoms with Crippen molar-refractivity contribution in [2.24, 2.45) is 0 Å². The number of H-pyrrole nitrogens is 1. The van der Waals surface area contributed by atoms with Crippen molar-refractivity contribution in [3.05, 3.63) is 29.5 Å². The van der Waals surface area contributed by atoms with Gasteiger partial charge in [-0.25, -0.2) is 0 Å². The van der Waals surface area contributed by atoms with Crippen molar-refractivity contribution in [1.82, 2.24) is 4.98 Å². The summed E-state index contributed by atoms with van der Waals surface area (Å²) in [5, 5.41) is 1.16. The normalized spacial score (nSPS) is 11.0. The molecule has 1 aromatic carbocycles. The monoisotopic (exact) mass is 188 g/mol. The molecule has 0 radical (unpaired) electrons. The molecule has 14 heavy (non-hydrogen) atoms. The van der Waals surface area contributed by atoms with Gasteiger partial charge >= 0.3 is 0 Å². The zero-order chi connectivity index (χ0) is 10.1. The molecule has 0 bridgehead atoms. The first-order chi connectivity index (χ1) is 6.74. The number of nitrogens with two attached hydrogens (primary N) is 1. The summed E-state index contributed by atoms with van der Waals surface area (Å²) in [5.41, 5.74) is 10.8. The van der Waals surface area contributed by atoms with E-state index in [0.29, 0.717) is 0 Å². The Labute approximate surface area is 84.1 Å². The Morgan fingerprint density at radius 3 is 2.93 bits per heavy atom. The number of benzene rings is 1. The second-order valence-corrected chi connectivity index (χ2v) is 3.78. The Kier molecular flexibility index (Phi) is 2.20. The smallest absolute Gasteiger partial charge is 0.0504 e. The number of hydrogen-bond donors (Lipinski definition) is 2. The molecule has 0 unspecified atom stereocenters. The van der Waals surface area contributed by atoms with Crippen LogP contribution in [0.2, 0.25) is 0 Å². The summed E-state index contributed by atoms with van der Waals surface area (Å²) < 4.78 is 0. The Morgan fingerprint density at radius 1 is 1.43 bits per heavy atom. The van der Waals surface area contributed by atoms with Crippen LogP contribution in [-0.4, -0.2) is 4.98 Å². The van der Waals surface area contributed by atoms with Crippen LogP contribution in [0.15, 0.2) is 18.3 Å². The van der Waals surface area contributed by atoms with Crippen molar-refractivity contribution in [3.8, 4) is 0 Å². The van der Waals surface area contributed by atoms with E-state index < -0.39 is 0 Å². The molecule has 3 N–H and O–H groups in total. The standard InChI is InChI=1S/C12H16N2/c1-3-4-9-7-8(2)12-10(11(9)13)5-6-14-12/h5-7,14H,3-4,13H2,1-2H3. The van der Waals surface area contributed by atoms with Crippen molar-refractivity contribution in [3.63, 3.8) is 0 Å². The number of fused-ring (bicyclic) bond motifs is 1. The molecule has 0 aliphatic heterocycles. The minimum absolute atomic E-state index is 0.939. The Hall–Kier alpha value is -1.44. The SMILES string of the molecule is CCCc1cc(C)c2[nH]ccc2c1N. The second-order valence-electron chi connectivity index (χ2n) is 3.78. The molecule has 0 fully saturated rings. The minimum Gasteiger partial charge on any atom is -0.398 e. The van der Waals surface area contributed by atoms with Gasteiger partial charge in [-0.05, 0) is 30.5 Å². The predicted molar refractivity (Wildman–Crippen MR) is 61.4 cm³/mol. The number of aromatic nitrogens is 1. The van der Waals surface area contributed by atoms with E-state index in [1.54, 1.807) is 0 Å². The predicted octanol–water partition coefficient (Wildman–Crippen LogP) is 3.01. The Morgan fingerprint density at radius 2 is 2.21 bits per heavy atom. The van der Waals surface area contributed by atoms with Gasteiger partial charge in [-0.15, -0.1) is 0 Å². The number of nitrogen functional groups attached to an aromatic ring is 1. The van der Waals surface area contributed by atoms with E-state index in [0.717, 1.165) is 23.9 Å². The molecule has 0 spiro atoms. The molecule has 1 aromatic heterocycles. The van der Waals surface area contributed by atoms with E-state index >= 15 is 0 Å². The van der Waals surface area contributed by atoms with Crippen LogP contribution in [0.4, 0.5) is 5.69 Å². The van der Waals surface area contributed by atoms with E-state index in [2.05, 4.69) is 31.0 Å². The fraction of sp³-hybridized carbons (Fsp3) is 0.333. The summed E-state index contributed by atoms with van der Waals surface area (Å²) in [6, 6.07) is 4.24. The molecule has 2 nitrogen and oxygen atoms in total. The lowest BCUT2D eigenvalue weighted by molar-refractivity contribution is 0.924. The molecule has 0 saturated heterocycles. The molecular formula is C12H16N2. The van der Waals surface area contributed by atoms with Crippen LogP contribution in [-0.2, 0) is 6.42 Å². The molecule has 0 amide bonds. The molecule has 0 saturated carbocycles. The molecule has 0 aliphatic rings. The quantitative estimate of drug-likeness (QED) is 0.699. The number of rotatable bonds is 2.